The first kappa shape index (κ1) is 12.2. The number of aryl methyl sites for hydroxylation is 1. The lowest BCUT2D eigenvalue weighted by Crippen LogP contribution is -2.24. The predicted octanol–water partition coefficient (Wildman–Crippen LogP) is -0.0174. The summed E-state index contributed by atoms with van der Waals surface area (Å²) in [6.45, 7) is 2.89. The highest BCUT2D eigenvalue weighted by Crippen LogP contribution is 2.34. The summed E-state index contributed by atoms with van der Waals surface area (Å²) in [7, 11) is 0. The number of tetrazole rings is 1. The van der Waals surface area contributed by atoms with E-state index in [0.29, 0.717) is 36.0 Å². The van der Waals surface area contributed by atoms with Crippen molar-refractivity contribution in [3.8, 4) is 0 Å². The smallest absolute Gasteiger partial charge is 0.279 e. The minimum absolute atomic E-state index is 0.121. The fraction of sp³-hybridized carbons (Fsp3) is 0.500. The van der Waals surface area contributed by atoms with Crippen molar-refractivity contribution in [2.24, 2.45) is 0 Å². The Morgan fingerprint density at radius 2 is 2.24 bits per heavy atom. The zero-order chi connectivity index (χ0) is 14.4. The molecular formula is C12H14N8O. The molecule has 3 heterocycles. The topological polar surface area (TPSA) is 96.3 Å². The van der Waals surface area contributed by atoms with Crippen LogP contribution in [0.1, 0.15) is 31.6 Å². The molecule has 9 heteroatoms. The summed E-state index contributed by atoms with van der Waals surface area (Å²) in [5, 5.41) is 15.9. The normalized spacial score (nSPS) is 14.9. The summed E-state index contributed by atoms with van der Waals surface area (Å²) < 4.78 is 4.99. The van der Waals surface area contributed by atoms with E-state index in [0.717, 1.165) is 12.8 Å². The molecule has 3 aromatic heterocycles. The van der Waals surface area contributed by atoms with Gasteiger partial charge in [-0.2, -0.15) is 5.10 Å². The first-order chi connectivity index (χ1) is 10.3. The lowest BCUT2D eigenvalue weighted by molar-refractivity contribution is 0.560. The quantitative estimate of drug-likeness (QED) is 0.669. The van der Waals surface area contributed by atoms with Crippen molar-refractivity contribution in [1.82, 2.24) is 39.5 Å². The fourth-order valence-corrected chi connectivity index (χ4v) is 2.43. The summed E-state index contributed by atoms with van der Waals surface area (Å²) in [4.78, 5) is 16.9. The van der Waals surface area contributed by atoms with Gasteiger partial charge in [-0.15, -0.1) is 5.10 Å². The van der Waals surface area contributed by atoms with Crippen LogP contribution in [0.2, 0.25) is 0 Å². The van der Waals surface area contributed by atoms with Crippen molar-refractivity contribution in [3.63, 3.8) is 0 Å². The van der Waals surface area contributed by atoms with Crippen LogP contribution in [0, 0.1) is 0 Å². The van der Waals surface area contributed by atoms with Crippen LogP contribution in [-0.2, 0) is 13.1 Å². The highest BCUT2D eigenvalue weighted by molar-refractivity contribution is 5.72. The highest BCUT2D eigenvalue weighted by Gasteiger charge is 2.27. The molecular weight excluding hydrogens is 272 g/mol. The van der Waals surface area contributed by atoms with E-state index in [-0.39, 0.29) is 5.56 Å². The first-order valence-corrected chi connectivity index (χ1v) is 6.95. The van der Waals surface area contributed by atoms with E-state index >= 15 is 0 Å². The van der Waals surface area contributed by atoms with Crippen molar-refractivity contribution >= 4 is 11.0 Å². The molecule has 1 saturated carbocycles. The SMILES string of the molecule is CCn1ncc2ncn(Cc3nnnn3C3CC3)c(=O)c21. The van der Waals surface area contributed by atoms with Gasteiger partial charge in [-0.3, -0.25) is 14.0 Å². The van der Waals surface area contributed by atoms with E-state index in [1.165, 1.54) is 10.9 Å². The molecule has 21 heavy (non-hydrogen) atoms. The summed E-state index contributed by atoms with van der Waals surface area (Å²) in [5.74, 6) is 0.684. The van der Waals surface area contributed by atoms with Crippen LogP contribution in [0.15, 0.2) is 17.3 Å². The summed E-state index contributed by atoms with van der Waals surface area (Å²) in [6, 6.07) is 0.378. The highest BCUT2D eigenvalue weighted by atomic mass is 16.1. The number of aromatic nitrogens is 8. The van der Waals surface area contributed by atoms with Gasteiger partial charge in [0.2, 0.25) is 0 Å². The Hall–Kier alpha value is -2.58. The van der Waals surface area contributed by atoms with Gasteiger partial charge in [0.1, 0.15) is 5.52 Å². The zero-order valence-electron chi connectivity index (χ0n) is 11.5. The van der Waals surface area contributed by atoms with E-state index in [1.54, 1.807) is 15.6 Å². The van der Waals surface area contributed by atoms with Crippen LogP contribution in [-0.4, -0.2) is 39.5 Å². The van der Waals surface area contributed by atoms with Crippen molar-refractivity contribution in [2.45, 2.75) is 38.9 Å². The second-order valence-corrected chi connectivity index (χ2v) is 5.14. The second-order valence-electron chi connectivity index (χ2n) is 5.14. The molecule has 0 spiro atoms. The second kappa shape index (κ2) is 4.47. The molecule has 0 N–H and O–H groups in total. The van der Waals surface area contributed by atoms with E-state index in [4.69, 9.17) is 0 Å². The average molecular weight is 286 g/mol. The lowest BCUT2D eigenvalue weighted by atomic mass is 10.4. The Balaban J connectivity index is 1.78. The molecule has 3 aromatic rings. The number of hydrogen-bond donors (Lipinski definition) is 0. The first-order valence-electron chi connectivity index (χ1n) is 6.95. The van der Waals surface area contributed by atoms with Crippen LogP contribution in [0.25, 0.3) is 11.0 Å². The standard InChI is InChI=1S/C12H14N8O/c1-2-19-11-9(5-14-19)13-7-18(12(11)21)6-10-15-16-17-20(10)8-3-4-8/h5,7-8H,2-4,6H2,1H3. The molecule has 0 amide bonds. The molecule has 1 aliphatic rings. The molecule has 4 rings (SSSR count). The van der Waals surface area contributed by atoms with Crippen molar-refractivity contribution < 1.29 is 0 Å². The Bertz CT molecular complexity index is 856. The molecule has 0 saturated heterocycles. The molecule has 9 nitrogen and oxygen atoms in total. The van der Waals surface area contributed by atoms with Gasteiger partial charge in [-0.25, -0.2) is 9.67 Å². The van der Waals surface area contributed by atoms with Gasteiger partial charge in [-0.05, 0) is 30.2 Å². The minimum Gasteiger partial charge on any atom is -0.290 e. The lowest BCUT2D eigenvalue weighted by Gasteiger charge is -2.06. The van der Waals surface area contributed by atoms with Gasteiger partial charge in [-0.1, -0.05) is 0 Å². The Labute approximate surface area is 119 Å². The average Bonchev–Trinajstić information content (AvgIpc) is 3.08. The van der Waals surface area contributed by atoms with E-state index < -0.39 is 0 Å². The molecule has 108 valence electrons. The van der Waals surface area contributed by atoms with E-state index in [2.05, 4.69) is 25.6 Å². The number of hydrogen-bond acceptors (Lipinski definition) is 6. The third kappa shape index (κ3) is 1.92. The van der Waals surface area contributed by atoms with Crippen LogP contribution in [0.3, 0.4) is 0 Å². The largest absolute Gasteiger partial charge is 0.290 e. The van der Waals surface area contributed by atoms with Crippen molar-refractivity contribution in [2.75, 3.05) is 0 Å². The van der Waals surface area contributed by atoms with Gasteiger partial charge in [0.15, 0.2) is 11.3 Å². The molecule has 0 aliphatic heterocycles. The molecule has 0 radical (unpaired) electrons. The van der Waals surface area contributed by atoms with E-state index in [9.17, 15) is 4.79 Å². The zero-order valence-corrected chi connectivity index (χ0v) is 11.5. The fourth-order valence-electron chi connectivity index (χ4n) is 2.43. The number of rotatable bonds is 4. The summed E-state index contributed by atoms with van der Waals surface area (Å²) in [5.41, 5.74) is 1.01. The van der Waals surface area contributed by atoms with Crippen LogP contribution >= 0.6 is 0 Å². The van der Waals surface area contributed by atoms with Gasteiger partial charge < -0.3 is 0 Å². The van der Waals surface area contributed by atoms with E-state index in [1.807, 2.05) is 6.92 Å². The minimum atomic E-state index is -0.121. The van der Waals surface area contributed by atoms with Crippen molar-refractivity contribution in [3.05, 3.63) is 28.7 Å². The maximum Gasteiger partial charge on any atom is 0.279 e. The number of fused-ring (bicyclic) bond motifs is 1. The molecule has 1 fully saturated rings. The molecule has 1 aliphatic carbocycles. The van der Waals surface area contributed by atoms with Gasteiger partial charge in [0.25, 0.3) is 5.56 Å². The third-order valence-electron chi connectivity index (χ3n) is 3.68. The molecule has 0 bridgehead atoms. The molecule has 0 unspecified atom stereocenters. The van der Waals surface area contributed by atoms with Crippen LogP contribution < -0.4 is 5.56 Å². The maximum absolute atomic E-state index is 12.6. The summed E-state index contributed by atoms with van der Waals surface area (Å²) in [6.07, 6.45) is 5.32. The molecule has 0 atom stereocenters. The van der Waals surface area contributed by atoms with Gasteiger partial charge >= 0.3 is 0 Å². The van der Waals surface area contributed by atoms with Crippen LogP contribution in [0.4, 0.5) is 0 Å². The summed E-state index contributed by atoms with van der Waals surface area (Å²) >= 11 is 0. The third-order valence-corrected chi connectivity index (χ3v) is 3.68. The molecule has 0 aromatic carbocycles. The van der Waals surface area contributed by atoms with Gasteiger partial charge in [0.05, 0.1) is 25.1 Å². The van der Waals surface area contributed by atoms with Crippen LogP contribution in [0.5, 0.6) is 0 Å². The Kier molecular flexibility index (Phi) is 2.59. The Morgan fingerprint density at radius 1 is 1.38 bits per heavy atom. The Morgan fingerprint density at radius 3 is 3.00 bits per heavy atom. The van der Waals surface area contributed by atoms with Gasteiger partial charge in [0, 0.05) is 6.54 Å². The van der Waals surface area contributed by atoms with Crippen molar-refractivity contribution in [1.29, 1.82) is 0 Å². The number of nitrogens with zero attached hydrogens (tertiary/aromatic N) is 8. The monoisotopic (exact) mass is 286 g/mol. The predicted molar refractivity (Wildman–Crippen MR) is 72.7 cm³/mol. The maximum atomic E-state index is 12.6.